The summed E-state index contributed by atoms with van der Waals surface area (Å²) in [5, 5.41) is 10.2. The first-order chi connectivity index (χ1) is 6.18. The van der Waals surface area contributed by atoms with E-state index in [9.17, 15) is 0 Å². The van der Waals surface area contributed by atoms with Crippen LogP contribution in [0.25, 0.3) is 0 Å². The zero-order valence-electron chi connectivity index (χ0n) is 7.92. The Morgan fingerprint density at radius 2 is 2.46 bits per heavy atom. The molecule has 1 aliphatic rings. The van der Waals surface area contributed by atoms with Gasteiger partial charge in [-0.1, -0.05) is 5.16 Å². The highest BCUT2D eigenvalue weighted by Gasteiger charge is 2.29. The van der Waals surface area contributed by atoms with Crippen LogP contribution in [0.4, 0.5) is 6.01 Å². The summed E-state index contributed by atoms with van der Waals surface area (Å²) in [5.74, 6) is 0.664. The van der Waals surface area contributed by atoms with Crippen molar-refractivity contribution < 1.29 is 4.52 Å². The van der Waals surface area contributed by atoms with Crippen LogP contribution in [0, 0.1) is 6.92 Å². The molecule has 1 saturated heterocycles. The van der Waals surface area contributed by atoms with Gasteiger partial charge in [-0.25, -0.2) is 0 Å². The number of aryl methyl sites for hydroxylation is 1. The minimum absolute atomic E-state index is 0.0545. The summed E-state index contributed by atoms with van der Waals surface area (Å²) >= 11 is 0. The molecule has 1 fully saturated rings. The molecule has 0 radical (unpaired) electrons. The Hall–Kier alpha value is -1.10. The molecule has 2 N–H and O–H groups in total. The lowest BCUT2D eigenvalue weighted by atomic mass is 10.0. The number of aromatic nitrogens is 2. The van der Waals surface area contributed by atoms with Crippen molar-refractivity contribution in [3.63, 3.8) is 0 Å². The molecule has 0 aromatic carbocycles. The topological polar surface area (TPSA) is 63.0 Å². The van der Waals surface area contributed by atoms with Crippen LogP contribution in [-0.2, 0) is 0 Å². The van der Waals surface area contributed by atoms with Crippen LogP contribution in [0.5, 0.6) is 0 Å². The average Bonchev–Trinajstić information content (AvgIpc) is 2.62. The van der Waals surface area contributed by atoms with Gasteiger partial charge in [0.1, 0.15) is 0 Å². The van der Waals surface area contributed by atoms with E-state index in [4.69, 9.17) is 4.52 Å². The Kier molecular flexibility index (Phi) is 1.95. The van der Waals surface area contributed by atoms with Crippen molar-refractivity contribution in [2.75, 3.05) is 18.4 Å². The minimum Gasteiger partial charge on any atom is -0.331 e. The van der Waals surface area contributed by atoms with Gasteiger partial charge in [-0.3, -0.25) is 0 Å². The van der Waals surface area contributed by atoms with Crippen molar-refractivity contribution >= 4 is 6.01 Å². The lowest BCUT2D eigenvalue weighted by Crippen LogP contribution is -2.36. The second kappa shape index (κ2) is 2.99. The van der Waals surface area contributed by atoms with Gasteiger partial charge < -0.3 is 15.2 Å². The standard InChI is InChI=1S/C8H14N4O/c1-6-10-7(13-12-6)11-8(2)3-4-9-5-8/h9H,3-5H2,1-2H3,(H,10,11,12). The fourth-order valence-electron chi connectivity index (χ4n) is 1.53. The molecule has 2 rings (SSSR count). The summed E-state index contributed by atoms with van der Waals surface area (Å²) in [6.07, 6.45) is 1.08. The number of nitrogens with one attached hydrogen (secondary N) is 2. The van der Waals surface area contributed by atoms with Crippen molar-refractivity contribution in [3.8, 4) is 0 Å². The monoisotopic (exact) mass is 182 g/mol. The predicted molar refractivity (Wildman–Crippen MR) is 48.5 cm³/mol. The Morgan fingerprint density at radius 1 is 1.62 bits per heavy atom. The SMILES string of the molecule is Cc1noc(NC2(C)CCNC2)n1. The van der Waals surface area contributed by atoms with Crippen LogP contribution >= 0.6 is 0 Å². The molecular weight excluding hydrogens is 168 g/mol. The predicted octanol–water partition coefficient (Wildman–Crippen LogP) is 0.542. The number of rotatable bonds is 2. The van der Waals surface area contributed by atoms with Crippen molar-refractivity contribution in [2.24, 2.45) is 0 Å². The number of hydrogen-bond donors (Lipinski definition) is 2. The molecule has 1 unspecified atom stereocenters. The van der Waals surface area contributed by atoms with Crippen LogP contribution < -0.4 is 10.6 Å². The van der Waals surface area contributed by atoms with Gasteiger partial charge in [0.05, 0.1) is 5.54 Å². The molecule has 0 aliphatic carbocycles. The summed E-state index contributed by atoms with van der Waals surface area (Å²) in [6, 6.07) is 0.517. The van der Waals surface area contributed by atoms with Crippen LogP contribution in [0.2, 0.25) is 0 Å². The number of hydrogen-bond acceptors (Lipinski definition) is 5. The van der Waals surface area contributed by atoms with E-state index in [0.717, 1.165) is 19.5 Å². The summed E-state index contributed by atoms with van der Waals surface area (Å²) in [6.45, 7) is 5.93. The first-order valence-electron chi connectivity index (χ1n) is 4.47. The summed E-state index contributed by atoms with van der Waals surface area (Å²) in [7, 11) is 0. The quantitative estimate of drug-likeness (QED) is 0.699. The van der Waals surface area contributed by atoms with Gasteiger partial charge in [0.15, 0.2) is 5.82 Å². The van der Waals surface area contributed by atoms with E-state index >= 15 is 0 Å². The van der Waals surface area contributed by atoms with Crippen LogP contribution in [-0.4, -0.2) is 28.8 Å². The van der Waals surface area contributed by atoms with E-state index in [1.165, 1.54) is 0 Å². The van der Waals surface area contributed by atoms with Gasteiger partial charge >= 0.3 is 6.01 Å². The Balaban J connectivity index is 2.04. The molecule has 0 saturated carbocycles. The summed E-state index contributed by atoms with van der Waals surface area (Å²) < 4.78 is 4.99. The molecule has 0 spiro atoms. The molecule has 1 aliphatic heterocycles. The van der Waals surface area contributed by atoms with Crippen molar-refractivity contribution in [2.45, 2.75) is 25.8 Å². The Labute approximate surface area is 76.9 Å². The fourth-order valence-corrected chi connectivity index (χ4v) is 1.53. The third kappa shape index (κ3) is 1.80. The highest BCUT2D eigenvalue weighted by Crippen LogP contribution is 2.19. The van der Waals surface area contributed by atoms with Crippen LogP contribution in [0.3, 0.4) is 0 Å². The summed E-state index contributed by atoms with van der Waals surface area (Å²) in [5.41, 5.74) is 0.0545. The second-order valence-corrected chi connectivity index (χ2v) is 3.76. The zero-order chi connectivity index (χ0) is 9.31. The molecule has 2 heterocycles. The maximum atomic E-state index is 4.99. The van der Waals surface area contributed by atoms with E-state index in [1.54, 1.807) is 0 Å². The Morgan fingerprint density at radius 3 is 3.00 bits per heavy atom. The van der Waals surface area contributed by atoms with E-state index in [2.05, 4.69) is 27.7 Å². The highest BCUT2D eigenvalue weighted by atomic mass is 16.5. The van der Waals surface area contributed by atoms with Crippen molar-refractivity contribution in [3.05, 3.63) is 5.82 Å². The lowest BCUT2D eigenvalue weighted by molar-refractivity contribution is 0.410. The van der Waals surface area contributed by atoms with Gasteiger partial charge in [-0.2, -0.15) is 4.98 Å². The molecule has 1 aromatic rings. The molecule has 72 valence electrons. The largest absolute Gasteiger partial charge is 0.331 e. The van der Waals surface area contributed by atoms with Gasteiger partial charge in [0.2, 0.25) is 0 Å². The molecule has 1 aromatic heterocycles. The molecule has 5 nitrogen and oxygen atoms in total. The first kappa shape index (κ1) is 8.50. The molecule has 0 bridgehead atoms. The first-order valence-corrected chi connectivity index (χ1v) is 4.47. The minimum atomic E-state index is 0.0545. The third-order valence-electron chi connectivity index (χ3n) is 2.31. The van der Waals surface area contributed by atoms with Gasteiger partial charge in [0, 0.05) is 6.54 Å². The fraction of sp³-hybridized carbons (Fsp3) is 0.750. The van der Waals surface area contributed by atoms with Gasteiger partial charge in [0.25, 0.3) is 0 Å². The molecule has 5 heteroatoms. The molecular formula is C8H14N4O. The van der Waals surface area contributed by atoms with E-state index in [-0.39, 0.29) is 5.54 Å². The van der Waals surface area contributed by atoms with Crippen molar-refractivity contribution in [1.82, 2.24) is 15.5 Å². The van der Waals surface area contributed by atoms with Crippen LogP contribution in [0.1, 0.15) is 19.2 Å². The Bertz CT molecular complexity index is 290. The summed E-state index contributed by atoms with van der Waals surface area (Å²) in [4.78, 5) is 4.10. The average molecular weight is 182 g/mol. The van der Waals surface area contributed by atoms with Crippen molar-refractivity contribution in [1.29, 1.82) is 0 Å². The second-order valence-electron chi connectivity index (χ2n) is 3.76. The highest BCUT2D eigenvalue weighted by molar-refractivity contribution is 5.25. The van der Waals surface area contributed by atoms with Gasteiger partial charge in [-0.05, 0) is 26.8 Å². The molecule has 1 atom stereocenters. The van der Waals surface area contributed by atoms with Gasteiger partial charge in [-0.15, -0.1) is 0 Å². The molecule has 13 heavy (non-hydrogen) atoms. The normalized spacial score (nSPS) is 27.8. The number of anilines is 1. The van der Waals surface area contributed by atoms with E-state index in [0.29, 0.717) is 11.8 Å². The van der Waals surface area contributed by atoms with E-state index in [1.807, 2.05) is 6.92 Å². The van der Waals surface area contributed by atoms with E-state index < -0.39 is 0 Å². The lowest BCUT2D eigenvalue weighted by Gasteiger charge is -2.22. The van der Waals surface area contributed by atoms with Crippen LogP contribution in [0.15, 0.2) is 4.52 Å². The molecule has 0 amide bonds. The maximum absolute atomic E-state index is 4.99. The number of nitrogens with zero attached hydrogens (tertiary/aromatic N) is 2. The smallest absolute Gasteiger partial charge is 0.321 e. The maximum Gasteiger partial charge on any atom is 0.321 e. The zero-order valence-corrected chi connectivity index (χ0v) is 7.92. The third-order valence-corrected chi connectivity index (χ3v) is 2.31.